The van der Waals surface area contributed by atoms with Crippen molar-refractivity contribution in [3.8, 4) is 11.4 Å². The number of nitrogens with two attached hydrogens (primary N) is 1. The second kappa shape index (κ2) is 6.95. The van der Waals surface area contributed by atoms with Crippen LogP contribution in [0.15, 0.2) is 29.4 Å². The fraction of sp³-hybridized carbons (Fsp3) is 0.550. The molecule has 2 bridgehead atoms. The number of fused-ring (bicyclic) bond motifs is 2. The molecule has 2 atom stereocenters. The average molecular weight is 420 g/mol. The summed E-state index contributed by atoms with van der Waals surface area (Å²) in [6, 6.07) is 7.62. The molecule has 2 heterocycles. The lowest BCUT2D eigenvalue weighted by atomic mass is 9.65. The monoisotopic (exact) mass is 419 g/mol. The van der Waals surface area contributed by atoms with Gasteiger partial charge in [-0.15, -0.1) is 10.2 Å². The minimum atomic E-state index is 0.160. The Morgan fingerprint density at radius 1 is 1.25 bits per heavy atom. The maximum Gasteiger partial charge on any atom is 0.233 e. The quantitative estimate of drug-likeness (QED) is 0.601. The molecule has 1 saturated carbocycles. The van der Waals surface area contributed by atoms with E-state index in [9.17, 15) is 4.79 Å². The Kier molecular flexibility index (Phi) is 4.86. The number of carbonyl (C=O) groups excluding carboxylic acids is 1. The van der Waals surface area contributed by atoms with Crippen LogP contribution < -0.4 is 5.84 Å². The zero-order valence-electron chi connectivity index (χ0n) is 16.5. The Morgan fingerprint density at radius 3 is 2.68 bits per heavy atom. The standard InChI is InChI=1S/C20H26ClN5OS/c1-19(2)8-15-9-20(3,11-19)12-25(15)16(27)10-28-18-24-23-17(26(18)22)13-4-6-14(21)7-5-13/h4-7,15H,8-12,22H2,1-3H3/t15-,20+/m0/s1. The summed E-state index contributed by atoms with van der Waals surface area (Å²) >= 11 is 7.28. The average Bonchev–Trinajstić information content (AvgIpc) is 3.09. The van der Waals surface area contributed by atoms with Gasteiger partial charge >= 0.3 is 0 Å². The summed E-state index contributed by atoms with van der Waals surface area (Å²) in [5.74, 6) is 7.20. The molecule has 0 radical (unpaired) electrons. The molecule has 8 heteroatoms. The molecule has 1 aromatic heterocycles. The second-order valence-corrected chi connectivity index (χ2v) is 10.6. The summed E-state index contributed by atoms with van der Waals surface area (Å²) in [5.41, 5.74) is 1.37. The van der Waals surface area contributed by atoms with Gasteiger partial charge in [0.25, 0.3) is 0 Å². The van der Waals surface area contributed by atoms with E-state index in [1.165, 1.54) is 22.9 Å². The number of amides is 1. The first-order valence-corrected chi connectivity index (χ1v) is 10.9. The van der Waals surface area contributed by atoms with Gasteiger partial charge in [0.2, 0.25) is 11.1 Å². The van der Waals surface area contributed by atoms with E-state index in [1.807, 2.05) is 12.1 Å². The highest BCUT2D eigenvalue weighted by molar-refractivity contribution is 7.99. The van der Waals surface area contributed by atoms with Crippen LogP contribution in [-0.2, 0) is 4.79 Å². The van der Waals surface area contributed by atoms with Gasteiger partial charge in [-0.3, -0.25) is 4.79 Å². The summed E-state index contributed by atoms with van der Waals surface area (Å²) in [6.45, 7) is 7.80. The molecule has 2 aromatic rings. The Morgan fingerprint density at radius 2 is 1.96 bits per heavy atom. The van der Waals surface area contributed by atoms with Crippen molar-refractivity contribution in [3.05, 3.63) is 29.3 Å². The molecule has 1 aliphatic carbocycles. The number of nitrogen functional groups attached to an aromatic ring is 1. The summed E-state index contributed by atoms with van der Waals surface area (Å²) < 4.78 is 1.44. The highest BCUT2D eigenvalue weighted by Crippen LogP contribution is 2.52. The van der Waals surface area contributed by atoms with Crippen LogP contribution in [0.3, 0.4) is 0 Å². The van der Waals surface area contributed by atoms with Crippen molar-refractivity contribution in [2.75, 3.05) is 18.1 Å². The molecule has 1 saturated heterocycles. The first-order valence-electron chi connectivity index (χ1n) is 9.55. The van der Waals surface area contributed by atoms with E-state index in [0.29, 0.717) is 33.2 Å². The first-order chi connectivity index (χ1) is 13.2. The molecule has 0 unspecified atom stereocenters. The third-order valence-corrected chi connectivity index (χ3v) is 7.01. The van der Waals surface area contributed by atoms with Gasteiger partial charge in [-0.2, -0.15) is 0 Å². The first kappa shape index (κ1) is 19.6. The lowest BCUT2D eigenvalue weighted by Crippen LogP contribution is -2.38. The molecule has 2 aliphatic rings. The van der Waals surface area contributed by atoms with Crippen LogP contribution in [0.1, 0.15) is 40.0 Å². The predicted octanol–water partition coefficient (Wildman–Crippen LogP) is 3.83. The Hall–Kier alpha value is -1.73. The number of rotatable bonds is 4. The van der Waals surface area contributed by atoms with Crippen molar-refractivity contribution in [1.82, 2.24) is 19.8 Å². The molecular weight excluding hydrogens is 394 g/mol. The van der Waals surface area contributed by atoms with Crippen molar-refractivity contribution >= 4 is 29.3 Å². The summed E-state index contributed by atoms with van der Waals surface area (Å²) in [6.07, 6.45) is 3.36. The van der Waals surface area contributed by atoms with E-state index in [1.54, 1.807) is 12.1 Å². The fourth-order valence-electron chi connectivity index (χ4n) is 5.13. The molecule has 150 valence electrons. The van der Waals surface area contributed by atoms with Crippen LogP contribution in [0.25, 0.3) is 11.4 Å². The van der Waals surface area contributed by atoms with Crippen molar-refractivity contribution in [3.63, 3.8) is 0 Å². The maximum atomic E-state index is 12.9. The number of likely N-dealkylation sites (tertiary alicyclic amines) is 1. The van der Waals surface area contributed by atoms with Gasteiger partial charge in [-0.1, -0.05) is 44.1 Å². The number of hydrogen-bond acceptors (Lipinski definition) is 5. The zero-order valence-corrected chi connectivity index (χ0v) is 18.1. The second-order valence-electron chi connectivity index (χ2n) is 9.21. The number of benzene rings is 1. The molecule has 4 rings (SSSR count). The van der Waals surface area contributed by atoms with E-state index in [2.05, 4.69) is 35.9 Å². The number of carbonyl (C=O) groups is 1. The zero-order chi connectivity index (χ0) is 20.1. The van der Waals surface area contributed by atoms with Crippen LogP contribution in [-0.4, -0.2) is 44.0 Å². The smallest absolute Gasteiger partial charge is 0.233 e. The van der Waals surface area contributed by atoms with E-state index in [0.717, 1.165) is 24.9 Å². The topological polar surface area (TPSA) is 77.0 Å². The summed E-state index contributed by atoms with van der Waals surface area (Å²) in [7, 11) is 0. The highest BCUT2D eigenvalue weighted by Gasteiger charge is 2.50. The number of nitrogens with zero attached hydrogens (tertiary/aromatic N) is 4. The number of halogens is 1. The minimum Gasteiger partial charge on any atom is -0.338 e. The van der Waals surface area contributed by atoms with Crippen molar-refractivity contribution < 1.29 is 4.79 Å². The van der Waals surface area contributed by atoms with Gasteiger partial charge in [0.05, 0.1) is 5.75 Å². The Balaban J connectivity index is 1.43. The SMILES string of the molecule is CC1(C)C[C@H]2C[C@@](C)(CN2C(=O)CSc2nnc(-c3ccc(Cl)cc3)n2N)C1. The Bertz CT molecular complexity index is 897. The molecular formula is C20H26ClN5OS. The predicted molar refractivity (Wildman–Crippen MR) is 113 cm³/mol. The van der Waals surface area contributed by atoms with Crippen molar-refractivity contribution in [2.45, 2.75) is 51.2 Å². The molecule has 1 amide bonds. The van der Waals surface area contributed by atoms with Gasteiger partial charge < -0.3 is 10.7 Å². The third-order valence-electron chi connectivity index (χ3n) is 5.83. The molecule has 2 fully saturated rings. The van der Waals surface area contributed by atoms with Crippen LogP contribution in [0.4, 0.5) is 0 Å². The highest BCUT2D eigenvalue weighted by atomic mass is 35.5. The number of thioether (sulfide) groups is 1. The van der Waals surface area contributed by atoms with Crippen LogP contribution in [0.5, 0.6) is 0 Å². The fourth-order valence-corrected chi connectivity index (χ4v) is 6.00. The van der Waals surface area contributed by atoms with Crippen molar-refractivity contribution in [2.24, 2.45) is 10.8 Å². The van der Waals surface area contributed by atoms with E-state index in [4.69, 9.17) is 17.4 Å². The molecule has 6 nitrogen and oxygen atoms in total. The Labute approximate surface area is 174 Å². The molecule has 1 aliphatic heterocycles. The van der Waals surface area contributed by atoms with E-state index in [-0.39, 0.29) is 11.3 Å². The molecule has 2 N–H and O–H groups in total. The normalized spacial score (nSPS) is 25.9. The molecule has 0 spiro atoms. The van der Waals surface area contributed by atoms with Crippen molar-refractivity contribution in [1.29, 1.82) is 0 Å². The summed E-state index contributed by atoms with van der Waals surface area (Å²) in [5, 5.41) is 9.52. The number of aromatic nitrogens is 3. The van der Waals surface area contributed by atoms with Gasteiger partial charge in [0, 0.05) is 23.2 Å². The molecule has 1 aromatic carbocycles. The van der Waals surface area contributed by atoms with Gasteiger partial charge in [0.15, 0.2) is 5.82 Å². The third kappa shape index (κ3) is 3.74. The van der Waals surface area contributed by atoms with Crippen LogP contribution in [0, 0.1) is 10.8 Å². The molecule has 28 heavy (non-hydrogen) atoms. The lowest BCUT2D eigenvalue weighted by molar-refractivity contribution is -0.129. The van der Waals surface area contributed by atoms with E-state index < -0.39 is 0 Å². The van der Waals surface area contributed by atoms with Crippen LogP contribution >= 0.6 is 23.4 Å². The van der Waals surface area contributed by atoms with Gasteiger partial charge in [-0.05, 0) is 54.4 Å². The minimum absolute atomic E-state index is 0.160. The largest absolute Gasteiger partial charge is 0.338 e. The lowest BCUT2D eigenvalue weighted by Gasteiger charge is -2.39. The van der Waals surface area contributed by atoms with E-state index >= 15 is 0 Å². The number of hydrogen-bond donors (Lipinski definition) is 1. The van der Waals surface area contributed by atoms with Crippen LogP contribution in [0.2, 0.25) is 5.02 Å². The van der Waals surface area contributed by atoms with Gasteiger partial charge in [0.1, 0.15) is 0 Å². The maximum absolute atomic E-state index is 12.9. The van der Waals surface area contributed by atoms with Gasteiger partial charge in [-0.25, -0.2) is 4.68 Å². The summed E-state index contributed by atoms with van der Waals surface area (Å²) in [4.78, 5) is 15.0.